The molecule has 1 amide bonds. The fourth-order valence-electron chi connectivity index (χ4n) is 1.82. The number of hydrogen-bond donors (Lipinski definition) is 2. The lowest BCUT2D eigenvalue weighted by Crippen LogP contribution is -2.90. The molecule has 0 saturated heterocycles. The topological polar surface area (TPSA) is 72.0 Å². The SMILES string of the molecule is CCOC(=O)c1c(NC(=O)C[NH2+][C@H](C)CC)sc(C)c1C. The van der Waals surface area contributed by atoms with Crippen molar-refractivity contribution in [2.75, 3.05) is 18.5 Å². The van der Waals surface area contributed by atoms with Crippen LogP contribution >= 0.6 is 11.3 Å². The average molecular weight is 313 g/mol. The Morgan fingerprint density at radius 2 is 2.00 bits per heavy atom. The fraction of sp³-hybridized carbons (Fsp3) is 0.600. The van der Waals surface area contributed by atoms with E-state index in [0.29, 0.717) is 29.8 Å². The Balaban J connectivity index is 2.81. The van der Waals surface area contributed by atoms with Crippen molar-refractivity contribution in [2.45, 2.75) is 47.1 Å². The number of nitrogens with two attached hydrogens (primary N) is 1. The van der Waals surface area contributed by atoms with Crippen molar-refractivity contribution in [2.24, 2.45) is 0 Å². The molecule has 5 nitrogen and oxygen atoms in total. The van der Waals surface area contributed by atoms with Gasteiger partial charge in [-0.3, -0.25) is 4.79 Å². The van der Waals surface area contributed by atoms with E-state index in [9.17, 15) is 9.59 Å². The Kier molecular flexibility index (Phi) is 6.84. The molecule has 0 aromatic carbocycles. The normalized spacial score (nSPS) is 12.0. The lowest BCUT2D eigenvalue weighted by atomic mass is 10.1. The van der Waals surface area contributed by atoms with Crippen LogP contribution in [0.3, 0.4) is 0 Å². The molecule has 0 saturated carbocycles. The maximum absolute atomic E-state index is 12.0. The molecular weight excluding hydrogens is 288 g/mol. The predicted octanol–water partition coefficient (Wildman–Crippen LogP) is 1.84. The first kappa shape index (κ1) is 17.7. The van der Waals surface area contributed by atoms with Crippen LogP contribution in [0.15, 0.2) is 0 Å². The van der Waals surface area contributed by atoms with Crippen LogP contribution in [-0.2, 0) is 9.53 Å². The molecule has 0 spiro atoms. The van der Waals surface area contributed by atoms with E-state index in [2.05, 4.69) is 19.2 Å². The number of anilines is 1. The predicted molar refractivity (Wildman–Crippen MR) is 84.9 cm³/mol. The van der Waals surface area contributed by atoms with Gasteiger partial charge in [0.25, 0.3) is 5.91 Å². The number of ether oxygens (including phenoxy) is 1. The Morgan fingerprint density at radius 1 is 1.33 bits per heavy atom. The molecular formula is C15H25N2O3S+. The second-order valence-corrected chi connectivity index (χ2v) is 6.31. The van der Waals surface area contributed by atoms with Crippen molar-refractivity contribution in [3.05, 3.63) is 16.0 Å². The van der Waals surface area contributed by atoms with Gasteiger partial charge >= 0.3 is 5.97 Å². The summed E-state index contributed by atoms with van der Waals surface area (Å²) < 4.78 is 5.07. The van der Waals surface area contributed by atoms with Crippen LogP contribution < -0.4 is 10.6 Å². The number of quaternary nitrogens is 1. The van der Waals surface area contributed by atoms with E-state index < -0.39 is 0 Å². The van der Waals surface area contributed by atoms with Gasteiger partial charge in [-0.25, -0.2) is 4.79 Å². The maximum atomic E-state index is 12.0. The number of carbonyl (C=O) groups excluding carboxylic acids is 2. The molecule has 118 valence electrons. The number of aryl methyl sites for hydroxylation is 1. The fourth-order valence-corrected chi connectivity index (χ4v) is 2.88. The molecule has 1 aromatic heterocycles. The number of amides is 1. The van der Waals surface area contributed by atoms with Crippen LogP contribution in [0.4, 0.5) is 5.00 Å². The van der Waals surface area contributed by atoms with E-state index in [1.165, 1.54) is 11.3 Å². The average Bonchev–Trinajstić information content (AvgIpc) is 2.71. The minimum atomic E-state index is -0.374. The highest BCUT2D eigenvalue weighted by Crippen LogP contribution is 2.32. The zero-order chi connectivity index (χ0) is 16.0. The van der Waals surface area contributed by atoms with Crippen LogP contribution in [0.2, 0.25) is 0 Å². The summed E-state index contributed by atoms with van der Waals surface area (Å²) in [5.74, 6) is -0.470. The summed E-state index contributed by atoms with van der Waals surface area (Å²) in [7, 11) is 0. The summed E-state index contributed by atoms with van der Waals surface area (Å²) in [6.45, 7) is 10.4. The summed E-state index contributed by atoms with van der Waals surface area (Å²) >= 11 is 1.42. The molecule has 3 N–H and O–H groups in total. The number of rotatable bonds is 7. The van der Waals surface area contributed by atoms with Crippen molar-refractivity contribution in [3.63, 3.8) is 0 Å². The Labute approximate surface area is 130 Å². The Morgan fingerprint density at radius 3 is 2.57 bits per heavy atom. The van der Waals surface area contributed by atoms with Gasteiger partial charge in [-0.1, -0.05) is 6.92 Å². The van der Waals surface area contributed by atoms with Crippen LogP contribution in [0.25, 0.3) is 0 Å². The maximum Gasteiger partial charge on any atom is 0.341 e. The number of carbonyl (C=O) groups is 2. The molecule has 1 aromatic rings. The standard InChI is InChI=1S/C15H24N2O3S/c1-6-9(3)16-8-12(18)17-14-13(15(19)20-7-2)10(4)11(5)21-14/h9,16H,6-8H2,1-5H3,(H,17,18)/p+1/t9-/m1/s1. The van der Waals surface area contributed by atoms with Crippen LogP contribution in [0, 0.1) is 13.8 Å². The third-order valence-corrected chi connectivity index (χ3v) is 4.59. The molecule has 0 radical (unpaired) electrons. The second-order valence-electron chi connectivity index (χ2n) is 5.08. The third kappa shape index (κ3) is 4.82. The lowest BCUT2D eigenvalue weighted by molar-refractivity contribution is -0.675. The van der Waals surface area contributed by atoms with E-state index in [1.807, 2.05) is 19.2 Å². The van der Waals surface area contributed by atoms with Crippen molar-refractivity contribution < 1.29 is 19.6 Å². The second kappa shape index (κ2) is 8.14. The van der Waals surface area contributed by atoms with Gasteiger partial charge in [0.2, 0.25) is 0 Å². The zero-order valence-corrected chi connectivity index (χ0v) is 14.2. The smallest absolute Gasteiger partial charge is 0.341 e. The third-order valence-electron chi connectivity index (χ3n) is 3.47. The van der Waals surface area contributed by atoms with Gasteiger partial charge in [0, 0.05) is 4.88 Å². The number of nitrogens with one attached hydrogen (secondary N) is 1. The zero-order valence-electron chi connectivity index (χ0n) is 13.4. The molecule has 0 bridgehead atoms. The first-order chi connectivity index (χ1) is 9.90. The van der Waals surface area contributed by atoms with Crippen molar-refractivity contribution >= 4 is 28.2 Å². The summed E-state index contributed by atoms with van der Waals surface area (Å²) in [6.07, 6.45) is 1.01. The highest BCUT2D eigenvalue weighted by Gasteiger charge is 2.22. The monoisotopic (exact) mass is 313 g/mol. The number of hydrogen-bond acceptors (Lipinski definition) is 4. The summed E-state index contributed by atoms with van der Waals surface area (Å²) in [5, 5.41) is 5.42. The van der Waals surface area contributed by atoms with Crippen molar-refractivity contribution in [1.82, 2.24) is 0 Å². The minimum Gasteiger partial charge on any atom is -0.462 e. The first-order valence-electron chi connectivity index (χ1n) is 7.30. The minimum absolute atomic E-state index is 0.0953. The van der Waals surface area contributed by atoms with Gasteiger partial charge in [-0.2, -0.15) is 0 Å². The van der Waals surface area contributed by atoms with Crippen molar-refractivity contribution in [1.29, 1.82) is 0 Å². The van der Waals surface area contributed by atoms with Crippen LogP contribution in [-0.4, -0.2) is 31.1 Å². The van der Waals surface area contributed by atoms with Gasteiger partial charge in [-0.05, 0) is 39.7 Å². The van der Waals surface area contributed by atoms with E-state index in [4.69, 9.17) is 4.74 Å². The number of thiophene rings is 1. The van der Waals surface area contributed by atoms with Gasteiger partial charge in [0.1, 0.15) is 5.00 Å². The molecule has 1 heterocycles. The molecule has 1 rings (SSSR count). The summed E-state index contributed by atoms with van der Waals surface area (Å²) in [5.41, 5.74) is 1.36. The van der Waals surface area contributed by atoms with Crippen molar-refractivity contribution in [3.8, 4) is 0 Å². The largest absolute Gasteiger partial charge is 0.462 e. The molecule has 21 heavy (non-hydrogen) atoms. The van der Waals surface area contributed by atoms with Gasteiger partial charge < -0.3 is 15.4 Å². The number of esters is 1. The van der Waals surface area contributed by atoms with Gasteiger partial charge in [0.15, 0.2) is 6.54 Å². The lowest BCUT2D eigenvalue weighted by Gasteiger charge is -2.09. The van der Waals surface area contributed by atoms with E-state index in [0.717, 1.165) is 16.9 Å². The molecule has 0 aliphatic heterocycles. The van der Waals surface area contributed by atoms with Crippen LogP contribution in [0.5, 0.6) is 0 Å². The van der Waals surface area contributed by atoms with Crippen LogP contribution in [0.1, 0.15) is 48.0 Å². The molecule has 0 aliphatic rings. The highest BCUT2D eigenvalue weighted by atomic mass is 32.1. The molecule has 0 unspecified atom stereocenters. The van der Waals surface area contributed by atoms with E-state index >= 15 is 0 Å². The molecule has 1 atom stereocenters. The quantitative estimate of drug-likeness (QED) is 0.755. The Hall–Kier alpha value is -1.40. The molecule has 6 heteroatoms. The summed E-state index contributed by atoms with van der Waals surface area (Å²) in [6, 6.07) is 0.409. The highest BCUT2D eigenvalue weighted by molar-refractivity contribution is 7.16. The van der Waals surface area contributed by atoms with Gasteiger partial charge in [0.05, 0.1) is 18.2 Å². The molecule has 0 fully saturated rings. The summed E-state index contributed by atoms with van der Waals surface area (Å²) in [4.78, 5) is 25.0. The van der Waals surface area contributed by atoms with Gasteiger partial charge in [-0.15, -0.1) is 11.3 Å². The first-order valence-corrected chi connectivity index (χ1v) is 8.12. The van der Waals surface area contributed by atoms with E-state index in [-0.39, 0.29) is 11.9 Å². The Bertz CT molecular complexity index is 511. The molecule has 0 aliphatic carbocycles. The van der Waals surface area contributed by atoms with E-state index in [1.54, 1.807) is 6.92 Å².